The average molecular weight is 289 g/mol. The summed E-state index contributed by atoms with van der Waals surface area (Å²) in [5.74, 6) is 0.195. The van der Waals surface area contributed by atoms with E-state index in [2.05, 4.69) is 41.4 Å². The molecule has 1 heterocycles. The Kier molecular flexibility index (Phi) is 5.76. The number of aryl methyl sites for hydroxylation is 1. The maximum Gasteiger partial charge on any atom is 0.236 e. The number of nitrogens with zero attached hydrogens (tertiary/aromatic N) is 2. The first-order valence-corrected chi connectivity index (χ1v) is 7.76. The van der Waals surface area contributed by atoms with Gasteiger partial charge < -0.3 is 10.2 Å². The van der Waals surface area contributed by atoms with Gasteiger partial charge in [-0.3, -0.25) is 9.69 Å². The Balaban J connectivity index is 1.69. The minimum absolute atomic E-state index is 0.195. The third-order valence-corrected chi connectivity index (χ3v) is 4.16. The zero-order chi connectivity index (χ0) is 15.2. The number of amides is 1. The normalized spacial score (nSPS) is 16.9. The van der Waals surface area contributed by atoms with Crippen molar-refractivity contribution in [2.45, 2.75) is 32.4 Å². The van der Waals surface area contributed by atoms with Gasteiger partial charge in [0.25, 0.3) is 0 Å². The van der Waals surface area contributed by atoms with E-state index in [1.165, 1.54) is 11.1 Å². The number of nitrogens with one attached hydrogen (secondary N) is 1. The summed E-state index contributed by atoms with van der Waals surface area (Å²) in [6.45, 7) is 5.61. The fourth-order valence-corrected chi connectivity index (χ4v) is 2.60. The van der Waals surface area contributed by atoms with Gasteiger partial charge in [0.2, 0.25) is 5.91 Å². The number of likely N-dealkylation sites (N-methyl/N-ethyl adjacent to an activating group) is 1. The molecule has 0 bridgehead atoms. The van der Waals surface area contributed by atoms with Gasteiger partial charge in [-0.1, -0.05) is 29.8 Å². The highest BCUT2D eigenvalue weighted by molar-refractivity contribution is 5.77. The van der Waals surface area contributed by atoms with E-state index in [-0.39, 0.29) is 5.91 Å². The molecule has 1 aliphatic rings. The molecule has 21 heavy (non-hydrogen) atoms. The smallest absolute Gasteiger partial charge is 0.236 e. The van der Waals surface area contributed by atoms with Crippen molar-refractivity contribution in [2.24, 2.45) is 0 Å². The van der Waals surface area contributed by atoms with Crippen molar-refractivity contribution in [1.82, 2.24) is 15.1 Å². The zero-order valence-corrected chi connectivity index (χ0v) is 13.4. The van der Waals surface area contributed by atoms with Crippen LogP contribution >= 0.6 is 0 Å². The van der Waals surface area contributed by atoms with Gasteiger partial charge in [-0.15, -0.1) is 0 Å². The lowest BCUT2D eigenvalue weighted by Gasteiger charge is -2.32. The lowest BCUT2D eigenvalue weighted by molar-refractivity contribution is -0.130. The molecular weight excluding hydrogens is 262 g/mol. The molecule has 1 N–H and O–H groups in total. The molecule has 1 aromatic carbocycles. The molecule has 0 aromatic heterocycles. The number of hydrogen-bond acceptors (Lipinski definition) is 3. The molecule has 0 atom stereocenters. The van der Waals surface area contributed by atoms with Crippen molar-refractivity contribution in [2.75, 3.05) is 33.7 Å². The molecule has 1 aliphatic heterocycles. The summed E-state index contributed by atoms with van der Waals surface area (Å²) in [6.07, 6.45) is 2.24. The summed E-state index contributed by atoms with van der Waals surface area (Å²) in [5.41, 5.74) is 2.64. The van der Waals surface area contributed by atoms with Crippen LogP contribution in [0.15, 0.2) is 24.3 Å². The van der Waals surface area contributed by atoms with Crippen LogP contribution < -0.4 is 5.32 Å². The number of carbonyl (C=O) groups excluding carboxylic acids is 1. The SMILES string of the molecule is Cc1ccc(CNC2CCN(CC(=O)N(C)C)CC2)cc1. The number of carbonyl (C=O) groups is 1. The molecule has 1 fully saturated rings. The van der Waals surface area contributed by atoms with Gasteiger partial charge in [-0.2, -0.15) is 0 Å². The topological polar surface area (TPSA) is 35.6 Å². The number of piperidine rings is 1. The van der Waals surface area contributed by atoms with Gasteiger partial charge in [-0.05, 0) is 25.3 Å². The summed E-state index contributed by atoms with van der Waals surface area (Å²) in [7, 11) is 3.64. The molecule has 0 aliphatic carbocycles. The average Bonchev–Trinajstić information content (AvgIpc) is 2.48. The Hall–Kier alpha value is -1.39. The first-order valence-electron chi connectivity index (χ1n) is 7.76. The van der Waals surface area contributed by atoms with Crippen molar-refractivity contribution in [3.8, 4) is 0 Å². The third kappa shape index (κ3) is 5.14. The van der Waals surface area contributed by atoms with Crippen LogP contribution in [0.4, 0.5) is 0 Å². The minimum Gasteiger partial charge on any atom is -0.348 e. The molecule has 1 amide bonds. The van der Waals surface area contributed by atoms with Crippen molar-refractivity contribution in [3.05, 3.63) is 35.4 Å². The quantitative estimate of drug-likeness (QED) is 0.895. The molecule has 2 rings (SSSR count). The summed E-state index contributed by atoms with van der Waals surface area (Å²) in [4.78, 5) is 15.6. The van der Waals surface area contributed by atoms with Crippen molar-refractivity contribution >= 4 is 5.91 Å². The second-order valence-electron chi connectivity index (χ2n) is 6.21. The van der Waals surface area contributed by atoms with Gasteiger partial charge in [0.05, 0.1) is 6.54 Å². The molecule has 0 unspecified atom stereocenters. The standard InChI is InChI=1S/C17H27N3O/c1-14-4-6-15(7-5-14)12-18-16-8-10-20(11-9-16)13-17(21)19(2)3/h4-7,16,18H,8-13H2,1-3H3. The lowest BCUT2D eigenvalue weighted by atomic mass is 10.0. The second-order valence-corrected chi connectivity index (χ2v) is 6.21. The van der Waals surface area contributed by atoms with Crippen LogP contribution in [-0.2, 0) is 11.3 Å². The third-order valence-electron chi connectivity index (χ3n) is 4.16. The summed E-state index contributed by atoms with van der Waals surface area (Å²) < 4.78 is 0. The fraction of sp³-hybridized carbons (Fsp3) is 0.588. The molecule has 116 valence electrons. The Bertz CT molecular complexity index is 448. The Morgan fingerprint density at radius 2 is 1.86 bits per heavy atom. The molecule has 0 spiro atoms. The van der Waals surface area contributed by atoms with Gasteiger partial charge in [0.15, 0.2) is 0 Å². The summed E-state index contributed by atoms with van der Waals surface area (Å²) >= 11 is 0. The predicted molar refractivity (Wildman–Crippen MR) is 86.2 cm³/mol. The largest absolute Gasteiger partial charge is 0.348 e. The fourth-order valence-electron chi connectivity index (χ4n) is 2.60. The molecule has 4 heteroatoms. The van der Waals surface area contributed by atoms with Crippen LogP contribution in [0.3, 0.4) is 0 Å². The van der Waals surface area contributed by atoms with Gasteiger partial charge in [0, 0.05) is 39.8 Å². The van der Waals surface area contributed by atoms with Crippen molar-refractivity contribution < 1.29 is 4.79 Å². The summed E-state index contributed by atoms with van der Waals surface area (Å²) in [6, 6.07) is 9.26. The van der Waals surface area contributed by atoms with Gasteiger partial charge in [-0.25, -0.2) is 0 Å². The van der Waals surface area contributed by atoms with E-state index in [0.29, 0.717) is 12.6 Å². The van der Waals surface area contributed by atoms with E-state index in [1.807, 2.05) is 14.1 Å². The number of rotatable bonds is 5. The van der Waals surface area contributed by atoms with E-state index < -0.39 is 0 Å². The van der Waals surface area contributed by atoms with Crippen LogP contribution in [0.1, 0.15) is 24.0 Å². The first kappa shape index (κ1) is 16.0. The molecule has 4 nitrogen and oxygen atoms in total. The maximum atomic E-state index is 11.7. The van der Waals surface area contributed by atoms with Crippen molar-refractivity contribution in [3.63, 3.8) is 0 Å². The van der Waals surface area contributed by atoms with Crippen molar-refractivity contribution in [1.29, 1.82) is 0 Å². The van der Waals surface area contributed by atoms with Crippen LogP contribution in [0.5, 0.6) is 0 Å². The Morgan fingerprint density at radius 1 is 1.24 bits per heavy atom. The second kappa shape index (κ2) is 7.57. The van der Waals surface area contributed by atoms with Crippen LogP contribution in [-0.4, -0.2) is 55.5 Å². The number of likely N-dealkylation sites (tertiary alicyclic amines) is 1. The monoisotopic (exact) mass is 289 g/mol. The van der Waals surface area contributed by atoms with Gasteiger partial charge >= 0.3 is 0 Å². The van der Waals surface area contributed by atoms with E-state index in [9.17, 15) is 4.79 Å². The molecule has 1 aromatic rings. The molecular formula is C17H27N3O. The zero-order valence-electron chi connectivity index (χ0n) is 13.4. The Labute approximate surface area is 128 Å². The van der Waals surface area contributed by atoms with E-state index in [4.69, 9.17) is 0 Å². The van der Waals surface area contributed by atoms with Crippen LogP contribution in [0.25, 0.3) is 0 Å². The minimum atomic E-state index is 0.195. The van der Waals surface area contributed by atoms with E-state index in [1.54, 1.807) is 4.90 Å². The van der Waals surface area contributed by atoms with E-state index >= 15 is 0 Å². The number of hydrogen-bond donors (Lipinski definition) is 1. The summed E-state index contributed by atoms with van der Waals surface area (Å²) in [5, 5.41) is 3.63. The lowest BCUT2D eigenvalue weighted by Crippen LogP contribution is -2.45. The molecule has 0 radical (unpaired) electrons. The highest BCUT2D eigenvalue weighted by atomic mass is 16.2. The van der Waals surface area contributed by atoms with Gasteiger partial charge in [0.1, 0.15) is 0 Å². The maximum absolute atomic E-state index is 11.7. The first-order chi connectivity index (χ1) is 10.0. The van der Waals surface area contributed by atoms with E-state index in [0.717, 1.165) is 32.5 Å². The highest BCUT2D eigenvalue weighted by Gasteiger charge is 2.20. The van der Waals surface area contributed by atoms with Crippen LogP contribution in [0, 0.1) is 6.92 Å². The highest BCUT2D eigenvalue weighted by Crippen LogP contribution is 2.11. The molecule has 1 saturated heterocycles. The number of benzene rings is 1. The Morgan fingerprint density at radius 3 is 2.43 bits per heavy atom. The predicted octanol–water partition coefficient (Wildman–Crippen LogP) is 1.64. The van der Waals surface area contributed by atoms with Crippen LogP contribution in [0.2, 0.25) is 0 Å². The molecule has 0 saturated carbocycles.